The molecule has 0 radical (unpaired) electrons. The molecule has 1 fully saturated rings. The Morgan fingerprint density at radius 3 is 3.00 bits per heavy atom. The number of carbonyl (C=O) groups is 1. The number of rotatable bonds is 2. The molecule has 0 aliphatic carbocycles. The Balaban J connectivity index is 1.68. The van der Waals surface area contributed by atoms with Gasteiger partial charge in [-0.05, 0) is 12.1 Å². The molecule has 4 rings (SSSR count). The van der Waals surface area contributed by atoms with Gasteiger partial charge in [0, 0.05) is 53.2 Å². The molecule has 7 nitrogen and oxygen atoms in total. The first-order chi connectivity index (χ1) is 12.0. The zero-order valence-corrected chi connectivity index (χ0v) is 15.0. The number of aromatic nitrogens is 2. The SMILES string of the molecule is Cn1cc([C@@H]2C[S@@](=O)CCN2C(=O)c2cc(Cl)c3c(c2)OCO3)cn1. The molecule has 0 saturated carbocycles. The van der Waals surface area contributed by atoms with Crippen molar-refractivity contribution in [1.29, 1.82) is 0 Å². The van der Waals surface area contributed by atoms with Crippen LogP contribution in [0.1, 0.15) is 22.0 Å². The molecule has 25 heavy (non-hydrogen) atoms. The van der Waals surface area contributed by atoms with Gasteiger partial charge in [-0.3, -0.25) is 13.7 Å². The second-order valence-electron chi connectivity index (χ2n) is 5.96. The lowest BCUT2D eigenvalue weighted by Gasteiger charge is -2.35. The molecule has 0 spiro atoms. The Bertz CT molecular complexity index is 869. The first-order valence-electron chi connectivity index (χ1n) is 7.76. The van der Waals surface area contributed by atoms with Gasteiger partial charge in [0.2, 0.25) is 6.79 Å². The van der Waals surface area contributed by atoms with Crippen molar-refractivity contribution < 1.29 is 18.5 Å². The number of amides is 1. The standard InChI is InChI=1S/C16H16ClN3O4S/c1-19-7-11(6-18-19)13-8-25(22)3-2-20(13)16(21)10-4-12(17)15-14(5-10)23-9-24-15/h4-7,13H,2-3,8-9H2,1H3/t13-,25-/m0/s1. The number of benzene rings is 1. The minimum Gasteiger partial charge on any atom is -0.454 e. The number of nitrogens with zero attached hydrogens (tertiary/aromatic N) is 3. The molecule has 0 N–H and O–H groups in total. The predicted octanol–water partition coefficient (Wildman–Crippen LogP) is 1.75. The summed E-state index contributed by atoms with van der Waals surface area (Å²) in [5.41, 5.74) is 1.30. The highest BCUT2D eigenvalue weighted by Gasteiger charge is 2.33. The molecule has 0 bridgehead atoms. The zero-order chi connectivity index (χ0) is 17.6. The van der Waals surface area contributed by atoms with E-state index in [1.54, 1.807) is 27.9 Å². The molecule has 2 atom stereocenters. The van der Waals surface area contributed by atoms with Gasteiger partial charge >= 0.3 is 0 Å². The normalized spacial score (nSPS) is 22.2. The lowest BCUT2D eigenvalue weighted by atomic mass is 10.1. The van der Waals surface area contributed by atoms with Crippen LogP contribution < -0.4 is 9.47 Å². The van der Waals surface area contributed by atoms with Crippen LogP contribution in [0.2, 0.25) is 5.02 Å². The fourth-order valence-electron chi connectivity index (χ4n) is 3.09. The molecule has 3 heterocycles. The van der Waals surface area contributed by atoms with E-state index in [4.69, 9.17) is 21.1 Å². The van der Waals surface area contributed by atoms with Gasteiger partial charge in [-0.15, -0.1) is 0 Å². The molecule has 2 aliphatic heterocycles. The highest BCUT2D eigenvalue weighted by molar-refractivity contribution is 7.85. The van der Waals surface area contributed by atoms with E-state index in [1.165, 1.54) is 0 Å². The number of hydrogen-bond donors (Lipinski definition) is 0. The maximum Gasteiger partial charge on any atom is 0.254 e. The third-order valence-corrected chi connectivity index (χ3v) is 5.93. The molecule has 132 valence electrons. The molecule has 2 aliphatic rings. The molecule has 1 aromatic heterocycles. The zero-order valence-electron chi connectivity index (χ0n) is 13.5. The van der Waals surface area contributed by atoms with E-state index in [0.717, 1.165) is 5.56 Å². The van der Waals surface area contributed by atoms with Crippen LogP contribution in [0.3, 0.4) is 0 Å². The van der Waals surface area contributed by atoms with Gasteiger partial charge in [0.1, 0.15) is 0 Å². The van der Waals surface area contributed by atoms with Crippen LogP contribution in [-0.2, 0) is 17.8 Å². The van der Waals surface area contributed by atoms with Crippen LogP contribution in [0.25, 0.3) is 0 Å². The quantitative estimate of drug-likeness (QED) is 0.792. The van der Waals surface area contributed by atoms with Crippen molar-refractivity contribution in [2.24, 2.45) is 7.05 Å². The van der Waals surface area contributed by atoms with Crippen LogP contribution in [0.4, 0.5) is 0 Å². The van der Waals surface area contributed by atoms with Gasteiger partial charge in [0.25, 0.3) is 5.91 Å². The molecule has 9 heteroatoms. The van der Waals surface area contributed by atoms with Crippen LogP contribution in [0.5, 0.6) is 11.5 Å². The summed E-state index contributed by atoms with van der Waals surface area (Å²) in [6.07, 6.45) is 3.56. The Labute approximate surface area is 151 Å². The van der Waals surface area contributed by atoms with Gasteiger partial charge in [0.15, 0.2) is 11.5 Å². The number of halogens is 1. The highest BCUT2D eigenvalue weighted by Crippen LogP contribution is 2.40. The first-order valence-corrected chi connectivity index (χ1v) is 9.63. The third-order valence-electron chi connectivity index (χ3n) is 4.32. The Hall–Kier alpha value is -2.06. The number of hydrogen-bond acceptors (Lipinski definition) is 5. The maximum absolute atomic E-state index is 13.1. The molecule has 1 aromatic carbocycles. The van der Waals surface area contributed by atoms with E-state index in [2.05, 4.69) is 5.10 Å². The van der Waals surface area contributed by atoms with Gasteiger partial charge in [-0.25, -0.2) is 0 Å². The maximum atomic E-state index is 13.1. The van der Waals surface area contributed by atoms with E-state index in [1.807, 2.05) is 13.2 Å². The molecule has 0 unspecified atom stereocenters. The van der Waals surface area contributed by atoms with E-state index in [-0.39, 0.29) is 18.7 Å². The van der Waals surface area contributed by atoms with Crippen molar-refractivity contribution in [2.45, 2.75) is 6.04 Å². The molecular weight excluding hydrogens is 366 g/mol. The van der Waals surface area contributed by atoms with Gasteiger partial charge < -0.3 is 14.4 Å². The minimum atomic E-state index is -0.961. The number of aryl methyl sites for hydroxylation is 1. The number of carbonyl (C=O) groups excluding carboxylic acids is 1. The van der Waals surface area contributed by atoms with Crippen LogP contribution >= 0.6 is 11.6 Å². The second-order valence-corrected chi connectivity index (χ2v) is 7.99. The van der Waals surface area contributed by atoms with Crippen molar-refractivity contribution in [1.82, 2.24) is 14.7 Å². The highest BCUT2D eigenvalue weighted by atomic mass is 35.5. The minimum absolute atomic E-state index is 0.0910. The number of fused-ring (bicyclic) bond motifs is 1. The van der Waals surface area contributed by atoms with Crippen LogP contribution in [0.15, 0.2) is 24.5 Å². The van der Waals surface area contributed by atoms with E-state index in [0.29, 0.717) is 40.1 Å². The van der Waals surface area contributed by atoms with Crippen LogP contribution in [-0.4, -0.2) is 49.6 Å². The Morgan fingerprint density at radius 1 is 1.40 bits per heavy atom. The summed E-state index contributed by atoms with van der Waals surface area (Å²) in [5.74, 6) is 1.61. The van der Waals surface area contributed by atoms with E-state index < -0.39 is 10.8 Å². The lowest BCUT2D eigenvalue weighted by Crippen LogP contribution is -2.44. The van der Waals surface area contributed by atoms with Crippen LogP contribution in [0, 0.1) is 0 Å². The van der Waals surface area contributed by atoms with Gasteiger partial charge in [-0.2, -0.15) is 5.10 Å². The van der Waals surface area contributed by atoms with Crippen molar-refractivity contribution in [2.75, 3.05) is 24.8 Å². The summed E-state index contributed by atoms with van der Waals surface area (Å²) in [6.45, 7) is 0.505. The van der Waals surface area contributed by atoms with Crippen molar-refractivity contribution in [3.8, 4) is 11.5 Å². The Morgan fingerprint density at radius 2 is 2.24 bits per heavy atom. The fourth-order valence-corrected chi connectivity index (χ4v) is 4.65. The van der Waals surface area contributed by atoms with Crippen molar-refractivity contribution >= 4 is 28.3 Å². The lowest BCUT2D eigenvalue weighted by molar-refractivity contribution is 0.0699. The van der Waals surface area contributed by atoms with Gasteiger partial charge in [0.05, 0.1) is 17.3 Å². The average Bonchev–Trinajstić information content (AvgIpc) is 3.23. The predicted molar refractivity (Wildman–Crippen MR) is 92.4 cm³/mol. The summed E-state index contributed by atoms with van der Waals surface area (Å²) in [6, 6.07) is 2.95. The fraction of sp³-hybridized carbons (Fsp3) is 0.375. The average molecular weight is 382 g/mol. The summed E-state index contributed by atoms with van der Waals surface area (Å²) in [5, 5.41) is 4.51. The molecular formula is C16H16ClN3O4S. The summed E-state index contributed by atoms with van der Waals surface area (Å²) in [7, 11) is 0.852. The molecule has 1 saturated heterocycles. The van der Waals surface area contributed by atoms with E-state index in [9.17, 15) is 9.00 Å². The molecule has 2 aromatic rings. The Kier molecular flexibility index (Phi) is 4.16. The number of ether oxygens (including phenoxy) is 2. The largest absolute Gasteiger partial charge is 0.454 e. The second kappa shape index (κ2) is 6.34. The monoisotopic (exact) mass is 381 g/mol. The van der Waals surface area contributed by atoms with Crippen molar-refractivity contribution in [3.63, 3.8) is 0 Å². The first kappa shape index (κ1) is 16.4. The topological polar surface area (TPSA) is 73.7 Å². The molecule has 1 amide bonds. The van der Waals surface area contributed by atoms with Crippen molar-refractivity contribution in [3.05, 3.63) is 40.7 Å². The summed E-state index contributed by atoms with van der Waals surface area (Å²) in [4.78, 5) is 14.8. The van der Waals surface area contributed by atoms with E-state index >= 15 is 0 Å². The summed E-state index contributed by atoms with van der Waals surface area (Å²) >= 11 is 6.20. The summed E-state index contributed by atoms with van der Waals surface area (Å²) < 4.78 is 24.4. The van der Waals surface area contributed by atoms with Gasteiger partial charge in [-0.1, -0.05) is 11.6 Å². The third kappa shape index (κ3) is 3.00. The smallest absolute Gasteiger partial charge is 0.254 e.